The van der Waals surface area contributed by atoms with Gasteiger partial charge in [0.15, 0.2) is 14.9 Å². The molecule has 0 radical (unpaired) electrons. The SMILES string of the molecule is Cc1nn(CC2CCC(F)(F)CC2)c(C(=O)Nc2ccnc(S(C)(=O)=O)c2)c1C(F)F. The number of hydrogen-bond donors (Lipinski definition) is 1. The molecule has 12 heteroatoms. The largest absolute Gasteiger partial charge is 0.320 e. The second-order valence-electron chi connectivity index (χ2n) is 7.74. The molecule has 0 aliphatic heterocycles. The van der Waals surface area contributed by atoms with Crippen molar-refractivity contribution in [1.82, 2.24) is 14.8 Å². The Hall–Kier alpha value is -2.50. The molecule has 0 atom stereocenters. The first-order valence-corrected chi connectivity index (χ1v) is 11.5. The van der Waals surface area contributed by atoms with E-state index in [2.05, 4.69) is 15.4 Å². The summed E-state index contributed by atoms with van der Waals surface area (Å²) in [6, 6.07) is 2.44. The molecule has 1 aliphatic rings. The highest BCUT2D eigenvalue weighted by atomic mass is 32.2. The minimum atomic E-state index is -3.64. The molecule has 0 bridgehead atoms. The third-order valence-corrected chi connectivity index (χ3v) is 6.23. The van der Waals surface area contributed by atoms with E-state index in [-0.39, 0.29) is 60.2 Å². The highest BCUT2D eigenvalue weighted by Gasteiger charge is 2.36. The zero-order valence-corrected chi connectivity index (χ0v) is 17.7. The maximum Gasteiger partial charge on any atom is 0.274 e. The molecule has 1 saturated carbocycles. The number of halogens is 4. The summed E-state index contributed by atoms with van der Waals surface area (Å²) >= 11 is 0. The van der Waals surface area contributed by atoms with E-state index < -0.39 is 33.7 Å². The minimum Gasteiger partial charge on any atom is -0.320 e. The van der Waals surface area contributed by atoms with Gasteiger partial charge in [0.2, 0.25) is 5.92 Å². The van der Waals surface area contributed by atoms with Gasteiger partial charge >= 0.3 is 0 Å². The monoisotopic (exact) mass is 462 g/mol. The number of carbonyl (C=O) groups excluding carboxylic acids is 1. The molecule has 1 N–H and O–H groups in total. The number of sulfone groups is 1. The van der Waals surface area contributed by atoms with Gasteiger partial charge in [-0.2, -0.15) is 5.10 Å². The predicted molar refractivity (Wildman–Crippen MR) is 104 cm³/mol. The summed E-state index contributed by atoms with van der Waals surface area (Å²) in [6.07, 6.45) is -1.07. The molecule has 0 unspecified atom stereocenters. The van der Waals surface area contributed by atoms with Crippen LogP contribution >= 0.6 is 0 Å². The van der Waals surface area contributed by atoms with Gasteiger partial charge in [-0.25, -0.2) is 31.0 Å². The number of nitrogens with zero attached hydrogens (tertiary/aromatic N) is 3. The van der Waals surface area contributed by atoms with E-state index in [0.29, 0.717) is 0 Å². The number of nitrogens with one attached hydrogen (secondary N) is 1. The van der Waals surface area contributed by atoms with Gasteiger partial charge in [0.05, 0.1) is 11.3 Å². The third kappa shape index (κ3) is 5.41. The van der Waals surface area contributed by atoms with Crippen LogP contribution in [0.3, 0.4) is 0 Å². The molecule has 3 rings (SSSR count). The highest BCUT2D eigenvalue weighted by Crippen LogP contribution is 2.37. The molecular weight excluding hydrogens is 440 g/mol. The number of hydrogen-bond acceptors (Lipinski definition) is 5. The fourth-order valence-corrected chi connectivity index (χ4v) is 4.23. The average molecular weight is 462 g/mol. The fourth-order valence-electron chi connectivity index (χ4n) is 3.64. The second kappa shape index (κ2) is 8.56. The lowest BCUT2D eigenvalue weighted by Gasteiger charge is -2.28. The van der Waals surface area contributed by atoms with Gasteiger partial charge in [0.25, 0.3) is 12.3 Å². The van der Waals surface area contributed by atoms with Gasteiger partial charge < -0.3 is 5.32 Å². The minimum absolute atomic E-state index is 0.0344. The van der Waals surface area contributed by atoms with Gasteiger partial charge in [0, 0.05) is 37.5 Å². The van der Waals surface area contributed by atoms with Crippen LogP contribution in [0.25, 0.3) is 0 Å². The van der Waals surface area contributed by atoms with E-state index in [0.717, 1.165) is 17.0 Å². The van der Waals surface area contributed by atoms with Crippen LogP contribution in [-0.2, 0) is 16.4 Å². The smallest absolute Gasteiger partial charge is 0.274 e. The zero-order chi connectivity index (χ0) is 23.0. The van der Waals surface area contributed by atoms with Crippen LogP contribution in [0.4, 0.5) is 23.2 Å². The zero-order valence-electron chi connectivity index (χ0n) is 16.9. The Morgan fingerprint density at radius 1 is 1.32 bits per heavy atom. The van der Waals surface area contributed by atoms with Crippen molar-refractivity contribution in [2.75, 3.05) is 11.6 Å². The molecule has 2 aromatic rings. The van der Waals surface area contributed by atoms with Gasteiger partial charge in [-0.1, -0.05) is 0 Å². The van der Waals surface area contributed by atoms with E-state index in [1.807, 2.05) is 0 Å². The Labute approximate surface area is 176 Å². The number of anilines is 1. The van der Waals surface area contributed by atoms with Crippen molar-refractivity contribution in [3.05, 3.63) is 35.3 Å². The molecule has 1 aliphatic carbocycles. The molecule has 0 aromatic carbocycles. The summed E-state index contributed by atoms with van der Waals surface area (Å²) in [6.45, 7) is 1.40. The van der Waals surface area contributed by atoms with Crippen molar-refractivity contribution in [3.8, 4) is 0 Å². The van der Waals surface area contributed by atoms with Crippen molar-refractivity contribution in [2.45, 2.75) is 56.5 Å². The lowest BCUT2D eigenvalue weighted by atomic mass is 9.87. The number of pyridine rings is 1. The maximum atomic E-state index is 13.7. The number of rotatable bonds is 6. The molecule has 2 heterocycles. The summed E-state index contributed by atoms with van der Waals surface area (Å²) in [5.74, 6) is -3.86. The van der Waals surface area contributed by atoms with Crippen LogP contribution in [0, 0.1) is 12.8 Å². The number of aryl methyl sites for hydroxylation is 1. The molecule has 1 amide bonds. The lowest BCUT2D eigenvalue weighted by molar-refractivity contribution is -0.0477. The quantitative estimate of drug-likeness (QED) is 0.655. The molecule has 170 valence electrons. The summed E-state index contributed by atoms with van der Waals surface area (Å²) in [5, 5.41) is 6.19. The summed E-state index contributed by atoms with van der Waals surface area (Å²) in [7, 11) is -3.64. The van der Waals surface area contributed by atoms with Crippen molar-refractivity contribution >= 4 is 21.4 Å². The molecule has 31 heavy (non-hydrogen) atoms. The standard InChI is InChI=1S/C19H22F4N4O3S/c1-11-15(17(20)21)16(27(26-11)10-12-3-6-19(22,23)7-4-12)18(28)25-13-5-8-24-14(9-13)31(2,29)30/h5,8-9,12,17H,3-4,6-7,10H2,1-2H3,(H,24,25,28). The first kappa shape index (κ1) is 23.2. The number of amides is 1. The van der Waals surface area contributed by atoms with E-state index in [1.54, 1.807) is 0 Å². The van der Waals surface area contributed by atoms with E-state index in [9.17, 15) is 30.8 Å². The molecular formula is C19H22F4N4O3S. The molecule has 1 fully saturated rings. The molecule has 0 saturated heterocycles. The summed E-state index contributed by atoms with van der Waals surface area (Å²) in [5.41, 5.74) is -0.894. The van der Waals surface area contributed by atoms with Crippen LogP contribution in [0.5, 0.6) is 0 Å². The van der Waals surface area contributed by atoms with Crippen molar-refractivity contribution in [1.29, 1.82) is 0 Å². The van der Waals surface area contributed by atoms with Crippen LogP contribution in [0.1, 0.15) is 53.9 Å². The predicted octanol–water partition coefficient (Wildman–Crippen LogP) is 4.01. The topological polar surface area (TPSA) is 93.9 Å². The first-order valence-electron chi connectivity index (χ1n) is 9.58. The van der Waals surface area contributed by atoms with Gasteiger partial charge in [0.1, 0.15) is 5.69 Å². The Kier molecular flexibility index (Phi) is 6.40. The third-order valence-electron chi connectivity index (χ3n) is 5.25. The maximum absolute atomic E-state index is 13.7. The Bertz CT molecular complexity index is 1080. The molecule has 7 nitrogen and oxygen atoms in total. The van der Waals surface area contributed by atoms with Crippen molar-refractivity contribution in [2.24, 2.45) is 5.92 Å². The Morgan fingerprint density at radius 2 is 1.97 bits per heavy atom. The summed E-state index contributed by atoms with van der Waals surface area (Å²) < 4.78 is 78.7. The normalized spacial score (nSPS) is 17.1. The Balaban J connectivity index is 1.89. The first-order chi connectivity index (χ1) is 14.4. The highest BCUT2D eigenvalue weighted by molar-refractivity contribution is 7.90. The number of carbonyl (C=O) groups is 1. The molecule has 0 spiro atoms. The van der Waals surface area contributed by atoms with Gasteiger partial charge in [-0.15, -0.1) is 0 Å². The van der Waals surface area contributed by atoms with Gasteiger partial charge in [-0.3, -0.25) is 9.48 Å². The van der Waals surface area contributed by atoms with Gasteiger partial charge in [-0.05, 0) is 37.8 Å². The lowest BCUT2D eigenvalue weighted by Crippen LogP contribution is -2.28. The number of alkyl halides is 4. The van der Waals surface area contributed by atoms with Crippen LogP contribution < -0.4 is 5.32 Å². The van der Waals surface area contributed by atoms with E-state index >= 15 is 0 Å². The van der Waals surface area contributed by atoms with Crippen LogP contribution in [-0.4, -0.2) is 41.3 Å². The summed E-state index contributed by atoms with van der Waals surface area (Å²) in [4.78, 5) is 16.6. The van der Waals surface area contributed by atoms with Crippen LogP contribution in [0.15, 0.2) is 23.4 Å². The second-order valence-corrected chi connectivity index (χ2v) is 9.70. The van der Waals surface area contributed by atoms with Crippen LogP contribution in [0.2, 0.25) is 0 Å². The van der Waals surface area contributed by atoms with E-state index in [4.69, 9.17) is 0 Å². The fraction of sp³-hybridized carbons (Fsp3) is 0.526. The van der Waals surface area contributed by atoms with Crippen molar-refractivity contribution in [3.63, 3.8) is 0 Å². The van der Waals surface area contributed by atoms with Crippen molar-refractivity contribution < 1.29 is 30.8 Å². The molecule has 2 aromatic heterocycles. The average Bonchev–Trinajstić information content (AvgIpc) is 2.99. The Morgan fingerprint density at radius 3 is 2.55 bits per heavy atom. The number of aromatic nitrogens is 3. The van der Waals surface area contributed by atoms with E-state index in [1.165, 1.54) is 19.2 Å².